The van der Waals surface area contributed by atoms with Gasteiger partial charge in [-0.2, -0.15) is 0 Å². The number of nitrogens with one attached hydrogen (secondary N) is 1. The Bertz CT molecular complexity index is 1470. The lowest BCUT2D eigenvalue weighted by Crippen LogP contribution is -2.55. The van der Waals surface area contributed by atoms with Gasteiger partial charge in [-0.15, -0.1) is 0 Å². The lowest BCUT2D eigenvalue weighted by Gasteiger charge is -2.35. The molecule has 4 rings (SSSR count). The summed E-state index contributed by atoms with van der Waals surface area (Å²) in [5.74, 6) is -1.21. The Morgan fingerprint density at radius 2 is 1.60 bits per heavy atom. The number of anilines is 1. The third kappa shape index (κ3) is 8.41. The van der Waals surface area contributed by atoms with E-state index >= 15 is 0 Å². The van der Waals surface area contributed by atoms with Crippen molar-refractivity contribution in [2.75, 3.05) is 17.1 Å². The molecule has 2 amide bonds. The van der Waals surface area contributed by atoms with E-state index in [0.717, 1.165) is 53.8 Å². The summed E-state index contributed by atoms with van der Waals surface area (Å²) in [5.41, 5.74) is 3.48. The average Bonchev–Trinajstić information content (AvgIpc) is 2.96. The van der Waals surface area contributed by atoms with Crippen molar-refractivity contribution in [3.05, 3.63) is 101 Å². The third-order valence-corrected chi connectivity index (χ3v) is 8.93. The predicted molar refractivity (Wildman–Crippen MR) is 164 cm³/mol. The van der Waals surface area contributed by atoms with E-state index < -0.39 is 34.3 Å². The van der Waals surface area contributed by atoms with Gasteiger partial charge in [0, 0.05) is 19.0 Å². The topological polar surface area (TPSA) is 86.8 Å². The van der Waals surface area contributed by atoms with Crippen molar-refractivity contribution in [1.82, 2.24) is 10.2 Å². The molecule has 1 aliphatic carbocycles. The summed E-state index contributed by atoms with van der Waals surface area (Å²) in [6.07, 6.45) is 6.28. The highest BCUT2D eigenvalue weighted by atomic mass is 32.2. The smallest absolute Gasteiger partial charge is 0.244 e. The first-order chi connectivity index (χ1) is 20.0. The van der Waals surface area contributed by atoms with Crippen LogP contribution in [-0.2, 0) is 32.6 Å². The van der Waals surface area contributed by atoms with Crippen molar-refractivity contribution in [2.45, 2.75) is 71.0 Å². The summed E-state index contributed by atoms with van der Waals surface area (Å²) >= 11 is 0. The van der Waals surface area contributed by atoms with E-state index in [-0.39, 0.29) is 24.9 Å². The number of halogens is 1. The average molecular weight is 594 g/mol. The van der Waals surface area contributed by atoms with Gasteiger partial charge >= 0.3 is 0 Å². The van der Waals surface area contributed by atoms with E-state index in [1.54, 1.807) is 25.1 Å². The first-order valence-corrected chi connectivity index (χ1v) is 16.3. The molecule has 1 saturated carbocycles. The van der Waals surface area contributed by atoms with Crippen molar-refractivity contribution in [3.63, 3.8) is 0 Å². The van der Waals surface area contributed by atoms with Crippen LogP contribution in [0.3, 0.4) is 0 Å². The number of rotatable bonds is 11. The molecule has 9 heteroatoms. The van der Waals surface area contributed by atoms with Gasteiger partial charge in [0.1, 0.15) is 18.4 Å². The molecule has 1 N–H and O–H groups in total. The number of sulfonamides is 1. The van der Waals surface area contributed by atoms with Gasteiger partial charge in [-0.3, -0.25) is 13.9 Å². The van der Waals surface area contributed by atoms with E-state index in [1.807, 2.05) is 49.4 Å². The first-order valence-electron chi connectivity index (χ1n) is 14.4. The molecule has 0 unspecified atom stereocenters. The summed E-state index contributed by atoms with van der Waals surface area (Å²) in [6.45, 7) is 3.19. The van der Waals surface area contributed by atoms with Gasteiger partial charge in [0.2, 0.25) is 21.8 Å². The molecule has 0 aliphatic heterocycles. The van der Waals surface area contributed by atoms with Gasteiger partial charge in [-0.05, 0) is 67.1 Å². The van der Waals surface area contributed by atoms with E-state index in [2.05, 4.69) is 5.32 Å². The fourth-order valence-corrected chi connectivity index (χ4v) is 6.37. The Labute approximate surface area is 248 Å². The van der Waals surface area contributed by atoms with Crippen LogP contribution in [0.4, 0.5) is 10.1 Å². The molecule has 0 radical (unpaired) electrons. The highest BCUT2D eigenvalue weighted by Crippen LogP contribution is 2.25. The molecule has 42 heavy (non-hydrogen) atoms. The summed E-state index contributed by atoms with van der Waals surface area (Å²) in [7, 11) is -3.86. The summed E-state index contributed by atoms with van der Waals surface area (Å²) < 4.78 is 40.9. The Morgan fingerprint density at radius 3 is 2.24 bits per heavy atom. The SMILES string of the molecule is Cc1ccc(C)c(N(CC(=O)N(Cc2ccc(F)cc2)[C@H](Cc2ccccc2)C(=O)NC2CCCCC2)S(C)(=O)=O)c1. The van der Waals surface area contributed by atoms with Gasteiger partial charge in [0.15, 0.2) is 0 Å². The number of amides is 2. The highest BCUT2D eigenvalue weighted by molar-refractivity contribution is 7.92. The molecule has 7 nitrogen and oxygen atoms in total. The zero-order valence-electron chi connectivity index (χ0n) is 24.6. The van der Waals surface area contributed by atoms with Crippen LogP contribution in [-0.4, -0.2) is 50.0 Å². The minimum atomic E-state index is -3.86. The summed E-state index contributed by atoms with van der Waals surface area (Å²) in [5, 5.41) is 3.18. The zero-order valence-corrected chi connectivity index (χ0v) is 25.4. The van der Waals surface area contributed by atoms with Crippen LogP contribution in [0.15, 0.2) is 72.8 Å². The van der Waals surface area contributed by atoms with Crippen LogP contribution >= 0.6 is 0 Å². The van der Waals surface area contributed by atoms with Crippen molar-refractivity contribution in [1.29, 1.82) is 0 Å². The largest absolute Gasteiger partial charge is 0.352 e. The molecule has 3 aromatic rings. The Hall–Kier alpha value is -3.72. The number of carbonyl (C=O) groups excluding carboxylic acids is 2. The van der Waals surface area contributed by atoms with Crippen LogP contribution < -0.4 is 9.62 Å². The monoisotopic (exact) mass is 593 g/mol. The van der Waals surface area contributed by atoms with Gasteiger partial charge in [-0.1, -0.05) is 73.9 Å². The second-order valence-electron chi connectivity index (χ2n) is 11.3. The number of aryl methyl sites for hydroxylation is 2. The molecule has 1 aliphatic rings. The minimum absolute atomic E-state index is 0.0130. The van der Waals surface area contributed by atoms with Crippen molar-refractivity contribution in [3.8, 4) is 0 Å². The number of hydrogen-bond acceptors (Lipinski definition) is 4. The van der Waals surface area contributed by atoms with Crippen LogP contribution in [0.25, 0.3) is 0 Å². The fourth-order valence-electron chi connectivity index (χ4n) is 5.47. The minimum Gasteiger partial charge on any atom is -0.352 e. The maximum atomic E-state index is 14.2. The van der Waals surface area contributed by atoms with E-state index in [0.29, 0.717) is 16.8 Å². The van der Waals surface area contributed by atoms with Gasteiger partial charge < -0.3 is 10.2 Å². The van der Waals surface area contributed by atoms with Gasteiger partial charge in [0.05, 0.1) is 11.9 Å². The second kappa shape index (κ2) is 14.0. The molecule has 1 atom stereocenters. The third-order valence-electron chi connectivity index (χ3n) is 7.80. The van der Waals surface area contributed by atoms with E-state index in [1.165, 1.54) is 17.0 Å². The van der Waals surface area contributed by atoms with E-state index in [4.69, 9.17) is 0 Å². The highest BCUT2D eigenvalue weighted by Gasteiger charge is 2.34. The normalized spacial score (nSPS) is 14.7. The Balaban J connectivity index is 1.73. The maximum absolute atomic E-state index is 14.2. The quantitative estimate of drug-likeness (QED) is 0.327. The van der Waals surface area contributed by atoms with Crippen LogP contribution in [0.5, 0.6) is 0 Å². The maximum Gasteiger partial charge on any atom is 0.244 e. The number of benzene rings is 3. The number of hydrogen-bond donors (Lipinski definition) is 1. The summed E-state index contributed by atoms with van der Waals surface area (Å²) in [6, 6.07) is 19.8. The molecule has 224 valence electrons. The molecule has 1 fully saturated rings. The molecule has 0 spiro atoms. The summed E-state index contributed by atoms with van der Waals surface area (Å²) in [4.78, 5) is 29.6. The molecule has 3 aromatic carbocycles. The van der Waals surface area contributed by atoms with Crippen LogP contribution in [0.2, 0.25) is 0 Å². The van der Waals surface area contributed by atoms with Crippen LogP contribution in [0, 0.1) is 19.7 Å². The van der Waals surface area contributed by atoms with Gasteiger partial charge in [0.25, 0.3) is 0 Å². The number of carbonyl (C=O) groups is 2. The lowest BCUT2D eigenvalue weighted by atomic mass is 9.94. The molecule has 0 bridgehead atoms. The van der Waals surface area contributed by atoms with Crippen molar-refractivity contribution >= 4 is 27.5 Å². The Kier molecular flexibility index (Phi) is 10.4. The molecule has 0 aromatic heterocycles. The molecule has 0 saturated heterocycles. The molecule has 0 heterocycles. The van der Waals surface area contributed by atoms with Crippen molar-refractivity contribution in [2.24, 2.45) is 0 Å². The standard InChI is InChI=1S/C33H40FN3O4S/c1-24-14-15-25(2)30(20-24)37(42(3,40)41)23-32(38)36(22-27-16-18-28(34)19-17-27)31(21-26-10-6-4-7-11-26)33(39)35-29-12-8-5-9-13-29/h4,6-7,10-11,14-20,29,31H,5,8-9,12-13,21-23H2,1-3H3,(H,35,39)/t31-/m1/s1. The second-order valence-corrected chi connectivity index (χ2v) is 13.2. The van der Waals surface area contributed by atoms with E-state index in [9.17, 15) is 22.4 Å². The number of nitrogens with zero attached hydrogens (tertiary/aromatic N) is 2. The molecular weight excluding hydrogens is 553 g/mol. The Morgan fingerprint density at radius 1 is 0.929 bits per heavy atom. The lowest BCUT2D eigenvalue weighted by molar-refractivity contribution is -0.140. The first kappa shape index (κ1) is 31.2. The van der Waals surface area contributed by atoms with Crippen LogP contribution in [0.1, 0.15) is 54.4 Å². The fraction of sp³-hybridized carbons (Fsp3) is 0.394. The zero-order chi connectivity index (χ0) is 30.3. The predicted octanol–water partition coefficient (Wildman–Crippen LogP) is 5.30. The molecular formula is C33H40FN3O4S. The van der Waals surface area contributed by atoms with Crippen molar-refractivity contribution < 1.29 is 22.4 Å². The van der Waals surface area contributed by atoms with Gasteiger partial charge in [-0.25, -0.2) is 12.8 Å².